The zero-order valence-corrected chi connectivity index (χ0v) is 11.3. The minimum Gasteiger partial charge on any atom is -0.496 e. The molecular weight excluding hydrogens is 262 g/mol. The lowest BCUT2D eigenvalue weighted by Crippen LogP contribution is -2.13. The normalized spacial score (nSPS) is 10.0. The lowest BCUT2D eigenvalue weighted by Gasteiger charge is -2.09. The molecule has 0 heterocycles. The highest BCUT2D eigenvalue weighted by Gasteiger charge is 2.11. The third-order valence-corrected chi connectivity index (χ3v) is 3.00. The van der Waals surface area contributed by atoms with Gasteiger partial charge in [0.1, 0.15) is 5.75 Å². The summed E-state index contributed by atoms with van der Waals surface area (Å²) in [5.74, 6) is 0.760. The molecule has 0 aliphatic carbocycles. The summed E-state index contributed by atoms with van der Waals surface area (Å²) in [4.78, 5) is 12.2. The first-order valence-electron chi connectivity index (χ1n) is 5.84. The van der Waals surface area contributed by atoms with E-state index < -0.39 is 0 Å². The van der Waals surface area contributed by atoms with E-state index in [2.05, 4.69) is 5.32 Å². The lowest BCUT2D eigenvalue weighted by atomic mass is 10.1. The number of anilines is 1. The molecular formula is C15H14ClNO2. The van der Waals surface area contributed by atoms with Crippen LogP contribution in [0.3, 0.4) is 0 Å². The molecule has 4 heteroatoms. The molecule has 1 amide bonds. The van der Waals surface area contributed by atoms with Crippen molar-refractivity contribution in [2.45, 2.75) is 5.88 Å². The predicted molar refractivity (Wildman–Crippen MR) is 76.9 cm³/mol. The van der Waals surface area contributed by atoms with E-state index in [0.29, 0.717) is 22.9 Å². The van der Waals surface area contributed by atoms with Crippen molar-refractivity contribution in [2.24, 2.45) is 0 Å². The summed E-state index contributed by atoms with van der Waals surface area (Å²) < 4.78 is 5.17. The molecule has 19 heavy (non-hydrogen) atoms. The van der Waals surface area contributed by atoms with Gasteiger partial charge in [0.25, 0.3) is 5.91 Å². The molecule has 0 atom stereocenters. The smallest absolute Gasteiger partial charge is 0.259 e. The first kappa shape index (κ1) is 13.4. The first-order chi connectivity index (χ1) is 9.24. The number of halogens is 1. The third kappa shape index (κ3) is 3.26. The quantitative estimate of drug-likeness (QED) is 0.865. The number of para-hydroxylation sites is 1. The van der Waals surface area contributed by atoms with Crippen molar-refractivity contribution in [2.75, 3.05) is 12.4 Å². The van der Waals surface area contributed by atoms with Gasteiger partial charge in [-0.2, -0.15) is 0 Å². The maximum atomic E-state index is 12.2. The largest absolute Gasteiger partial charge is 0.496 e. The second-order valence-corrected chi connectivity index (χ2v) is 4.26. The summed E-state index contributed by atoms with van der Waals surface area (Å²) in [5, 5.41) is 2.83. The molecule has 2 aromatic carbocycles. The van der Waals surface area contributed by atoms with Crippen LogP contribution in [-0.2, 0) is 5.88 Å². The fourth-order valence-electron chi connectivity index (χ4n) is 1.76. The van der Waals surface area contributed by atoms with Crippen molar-refractivity contribution in [1.82, 2.24) is 0 Å². The number of carbonyl (C=O) groups is 1. The summed E-state index contributed by atoms with van der Waals surface area (Å²) >= 11 is 5.77. The van der Waals surface area contributed by atoms with Crippen LogP contribution in [0, 0.1) is 0 Å². The van der Waals surface area contributed by atoms with Crippen LogP contribution < -0.4 is 10.1 Å². The van der Waals surface area contributed by atoms with Crippen molar-refractivity contribution in [3.63, 3.8) is 0 Å². The molecule has 3 nitrogen and oxygen atoms in total. The number of alkyl halides is 1. The Kier molecular flexibility index (Phi) is 4.42. The number of rotatable bonds is 4. The second kappa shape index (κ2) is 6.25. The Hall–Kier alpha value is -2.00. The Morgan fingerprint density at radius 2 is 2.00 bits per heavy atom. The number of amides is 1. The van der Waals surface area contributed by atoms with E-state index in [1.165, 1.54) is 0 Å². The van der Waals surface area contributed by atoms with Crippen LogP contribution in [0.25, 0.3) is 0 Å². The minimum absolute atomic E-state index is 0.204. The highest BCUT2D eigenvalue weighted by molar-refractivity contribution is 6.17. The van der Waals surface area contributed by atoms with Crippen LogP contribution in [0.2, 0.25) is 0 Å². The molecule has 1 N–H and O–H groups in total. The maximum Gasteiger partial charge on any atom is 0.259 e. The average Bonchev–Trinajstić information content (AvgIpc) is 2.47. The van der Waals surface area contributed by atoms with Crippen LogP contribution in [0.1, 0.15) is 15.9 Å². The topological polar surface area (TPSA) is 38.3 Å². The molecule has 2 aromatic rings. The van der Waals surface area contributed by atoms with Crippen molar-refractivity contribution < 1.29 is 9.53 Å². The molecule has 0 spiro atoms. The van der Waals surface area contributed by atoms with Gasteiger partial charge in [-0.1, -0.05) is 24.3 Å². The summed E-state index contributed by atoms with van der Waals surface area (Å²) in [6, 6.07) is 14.5. The van der Waals surface area contributed by atoms with Gasteiger partial charge in [-0.25, -0.2) is 0 Å². The van der Waals surface area contributed by atoms with Gasteiger partial charge in [-0.3, -0.25) is 4.79 Å². The molecule has 98 valence electrons. The van der Waals surface area contributed by atoms with Gasteiger partial charge in [-0.05, 0) is 29.8 Å². The highest BCUT2D eigenvalue weighted by atomic mass is 35.5. The summed E-state index contributed by atoms with van der Waals surface area (Å²) in [5.41, 5.74) is 2.18. The van der Waals surface area contributed by atoms with E-state index in [0.717, 1.165) is 5.56 Å². The van der Waals surface area contributed by atoms with Crippen LogP contribution in [0.5, 0.6) is 5.75 Å². The Morgan fingerprint density at radius 3 is 2.74 bits per heavy atom. The van der Waals surface area contributed by atoms with Gasteiger partial charge in [0.15, 0.2) is 0 Å². The zero-order chi connectivity index (χ0) is 13.7. The molecule has 0 aliphatic heterocycles. The SMILES string of the molecule is COc1ccccc1C(=O)Nc1cccc(CCl)c1. The number of nitrogens with one attached hydrogen (secondary N) is 1. The van der Waals surface area contributed by atoms with Crippen molar-refractivity contribution >= 4 is 23.2 Å². The predicted octanol–water partition coefficient (Wildman–Crippen LogP) is 3.69. The number of carbonyl (C=O) groups excluding carboxylic acids is 1. The van der Waals surface area contributed by atoms with Crippen LogP contribution in [-0.4, -0.2) is 13.0 Å². The zero-order valence-electron chi connectivity index (χ0n) is 10.5. The van der Waals surface area contributed by atoms with Gasteiger partial charge in [0.2, 0.25) is 0 Å². The monoisotopic (exact) mass is 275 g/mol. The molecule has 0 aromatic heterocycles. The molecule has 0 saturated heterocycles. The molecule has 0 radical (unpaired) electrons. The Bertz CT molecular complexity index is 584. The van der Waals surface area contributed by atoms with Crippen molar-refractivity contribution in [3.05, 3.63) is 59.7 Å². The number of ether oxygens (including phenoxy) is 1. The number of methoxy groups -OCH3 is 1. The maximum absolute atomic E-state index is 12.2. The molecule has 0 aliphatic rings. The fourth-order valence-corrected chi connectivity index (χ4v) is 1.93. The minimum atomic E-state index is -0.204. The van der Waals surface area contributed by atoms with E-state index in [1.807, 2.05) is 30.3 Å². The van der Waals surface area contributed by atoms with E-state index in [-0.39, 0.29) is 5.91 Å². The highest BCUT2D eigenvalue weighted by Crippen LogP contribution is 2.19. The number of hydrogen-bond donors (Lipinski definition) is 1. The Morgan fingerprint density at radius 1 is 1.21 bits per heavy atom. The van der Waals surface area contributed by atoms with Crippen LogP contribution >= 0.6 is 11.6 Å². The first-order valence-corrected chi connectivity index (χ1v) is 6.37. The molecule has 0 saturated carbocycles. The number of benzene rings is 2. The van der Waals surface area contributed by atoms with Gasteiger partial charge < -0.3 is 10.1 Å². The summed E-state index contributed by atoms with van der Waals surface area (Å²) in [6.07, 6.45) is 0. The fraction of sp³-hybridized carbons (Fsp3) is 0.133. The summed E-state index contributed by atoms with van der Waals surface area (Å²) in [7, 11) is 1.54. The molecule has 0 bridgehead atoms. The summed E-state index contributed by atoms with van der Waals surface area (Å²) in [6.45, 7) is 0. The third-order valence-electron chi connectivity index (χ3n) is 2.69. The standard InChI is InChI=1S/C15H14ClNO2/c1-19-14-8-3-2-7-13(14)15(18)17-12-6-4-5-11(9-12)10-16/h2-9H,10H2,1H3,(H,17,18). The van der Waals surface area contributed by atoms with E-state index in [4.69, 9.17) is 16.3 Å². The van der Waals surface area contributed by atoms with E-state index in [9.17, 15) is 4.79 Å². The van der Waals surface area contributed by atoms with Crippen molar-refractivity contribution in [3.8, 4) is 5.75 Å². The van der Waals surface area contributed by atoms with Crippen LogP contribution in [0.15, 0.2) is 48.5 Å². The molecule has 0 fully saturated rings. The Labute approximate surface area is 117 Å². The lowest BCUT2D eigenvalue weighted by molar-refractivity contribution is 0.102. The molecule has 2 rings (SSSR count). The van der Waals surface area contributed by atoms with Gasteiger partial charge >= 0.3 is 0 Å². The number of hydrogen-bond acceptors (Lipinski definition) is 2. The van der Waals surface area contributed by atoms with E-state index >= 15 is 0 Å². The van der Waals surface area contributed by atoms with Gasteiger partial charge in [-0.15, -0.1) is 11.6 Å². The average molecular weight is 276 g/mol. The molecule has 0 unspecified atom stereocenters. The van der Waals surface area contributed by atoms with Crippen LogP contribution in [0.4, 0.5) is 5.69 Å². The van der Waals surface area contributed by atoms with E-state index in [1.54, 1.807) is 25.3 Å². The van der Waals surface area contributed by atoms with Crippen molar-refractivity contribution in [1.29, 1.82) is 0 Å². The second-order valence-electron chi connectivity index (χ2n) is 3.99. The van der Waals surface area contributed by atoms with Gasteiger partial charge in [0.05, 0.1) is 12.7 Å². The Balaban J connectivity index is 2.20. The van der Waals surface area contributed by atoms with Gasteiger partial charge in [0, 0.05) is 11.6 Å².